The van der Waals surface area contributed by atoms with E-state index in [0.717, 1.165) is 0 Å². The molecule has 3 nitrogen and oxygen atoms in total. The van der Waals surface area contributed by atoms with Crippen molar-refractivity contribution in [2.24, 2.45) is 0 Å². The van der Waals surface area contributed by atoms with Crippen molar-refractivity contribution in [3.8, 4) is 17.2 Å². The molecule has 0 aliphatic heterocycles. The zero-order valence-electron chi connectivity index (χ0n) is 41.2. The molecule has 0 fully saturated rings. The highest BCUT2D eigenvalue weighted by molar-refractivity contribution is 7.79. The van der Waals surface area contributed by atoms with Gasteiger partial charge in [0.1, 0.15) is 17.2 Å². The van der Waals surface area contributed by atoms with Gasteiger partial charge in [-0.2, -0.15) is 198 Å². The van der Waals surface area contributed by atoms with Gasteiger partial charge >= 0.3 is 125 Å². The quantitative estimate of drug-likeness (QED) is 0.0562. The molecule has 0 N–H and O–H groups in total. The van der Waals surface area contributed by atoms with E-state index in [-0.39, 0.29) is 54.6 Å². The van der Waals surface area contributed by atoms with E-state index in [0.29, 0.717) is 18.2 Å². The molecule has 0 amide bonds. The first-order valence-corrected chi connectivity index (χ1v) is 23.0. The molecule has 3 aromatic rings. The second-order valence-electron chi connectivity index (χ2n) is 17.9. The van der Waals surface area contributed by atoms with Gasteiger partial charge in [-0.05, 0) is 60.2 Å². The normalized spacial score (nSPS) is 15.8. The van der Waals surface area contributed by atoms with Crippen molar-refractivity contribution < 1.29 is 212 Å². The van der Waals surface area contributed by atoms with Crippen LogP contribution in [0, 0.1) is 0 Å². The summed E-state index contributed by atoms with van der Waals surface area (Å²) in [6.45, 7) is -11.1. The maximum atomic E-state index is 14.8. The van der Waals surface area contributed by atoms with E-state index in [9.17, 15) is 198 Å². The van der Waals surface area contributed by atoms with E-state index in [1.165, 1.54) is 0 Å². The number of hydrogen-bond donors (Lipinski definition) is 0. The molecule has 0 spiro atoms. The molecular weight excluding hydrogens is 1440 g/mol. The van der Waals surface area contributed by atoms with Gasteiger partial charge in [-0.25, -0.2) is 0 Å². The van der Waals surface area contributed by atoms with E-state index in [1.54, 1.807) is 0 Å². The Kier molecular flexibility index (Phi) is 20.2. The van der Waals surface area contributed by atoms with Crippen molar-refractivity contribution >= 4 is 23.8 Å². The lowest BCUT2D eigenvalue weighted by Gasteiger charge is -2.41. The number of benzene rings is 3. The minimum Gasteiger partial charge on any atom is -0.487 e. The number of rotatable bonds is 27. The monoisotopic (exact) mass is 1460 g/mol. The Morgan fingerprint density at radius 2 is 0.363 bits per heavy atom. The Hall–Kier alpha value is -5.66. The zero-order chi connectivity index (χ0) is 72.3. The fourth-order valence-electron chi connectivity index (χ4n) is 6.38. The molecule has 3 aromatic carbocycles. The number of halogens is 45. The van der Waals surface area contributed by atoms with Crippen LogP contribution in [0.2, 0.25) is 0 Å². The van der Waals surface area contributed by atoms with Crippen LogP contribution in [-0.4, -0.2) is 145 Å². The van der Waals surface area contributed by atoms with Crippen LogP contribution in [0.15, 0.2) is 72.8 Å². The van der Waals surface area contributed by atoms with Crippen LogP contribution in [-0.2, 0) is 0 Å². The summed E-state index contributed by atoms with van der Waals surface area (Å²) >= 11 is 0. The first kappa shape index (κ1) is 79.6. The van der Waals surface area contributed by atoms with Crippen molar-refractivity contribution in [2.75, 3.05) is 19.8 Å². The molecule has 0 saturated carbocycles. The van der Waals surface area contributed by atoms with Gasteiger partial charge in [0.05, 0.1) is 0 Å². The lowest BCUT2D eigenvalue weighted by molar-refractivity contribution is -0.453. The molecule has 0 radical (unpaired) electrons. The molecule has 49 heteroatoms. The van der Waals surface area contributed by atoms with E-state index in [4.69, 9.17) is 0 Å². The predicted molar refractivity (Wildman–Crippen MR) is 209 cm³/mol. The molecule has 0 aromatic heterocycles. The average Bonchev–Trinajstić information content (AvgIpc) is 0.829. The fraction of sp³-hybridized carbons (Fsp3) is 0.571. The summed E-state index contributed by atoms with van der Waals surface area (Å²) in [5.41, 5.74) is 0. The number of ether oxygens (including phenoxy) is 3. The highest BCUT2D eigenvalue weighted by atomic mass is 31.1. The summed E-state index contributed by atoms with van der Waals surface area (Å²) < 4.78 is 633. The third-order valence-electron chi connectivity index (χ3n) is 11.7. The Balaban J connectivity index is 2.27. The van der Waals surface area contributed by atoms with Crippen molar-refractivity contribution in [3.63, 3.8) is 0 Å². The maximum absolute atomic E-state index is 14.8. The first-order valence-electron chi connectivity index (χ1n) is 21.7. The second-order valence-corrected chi connectivity index (χ2v) is 20.1. The van der Waals surface area contributed by atoms with E-state index in [1.807, 2.05) is 0 Å². The summed E-state index contributed by atoms with van der Waals surface area (Å²) in [7, 11) is -3.53. The molecule has 91 heavy (non-hydrogen) atoms. The van der Waals surface area contributed by atoms with Gasteiger partial charge < -0.3 is 14.2 Å². The second kappa shape index (κ2) is 23.1. The number of alkyl halides is 45. The van der Waals surface area contributed by atoms with Gasteiger partial charge in [-0.15, -0.1) is 0 Å². The average molecular weight is 1460 g/mol. The molecule has 0 aliphatic rings. The Morgan fingerprint density at radius 1 is 0.209 bits per heavy atom. The number of hydrogen-bond acceptors (Lipinski definition) is 3. The predicted octanol–water partition coefficient (Wildman–Crippen LogP) is 17.7. The summed E-state index contributed by atoms with van der Waals surface area (Å²) in [6.07, 6.45) is -24.2. The molecular formula is C42H18F45O3P. The Morgan fingerprint density at radius 3 is 0.527 bits per heavy atom. The SMILES string of the molecule is FC(F)(F)C(F)(F)C(F)(F)C(F)(F)C(F)(F)C(F)(F)C(F)(F)COc1cccc(P(c2cccc(OCC(F)(F)C(F)(F)C(F)(F)C(F)(F)C(F)(F)C(F)(F)C(F)(F)F)c2)c2cccc(OCC(F)(F)C(F)(F)C(F)(F)C(F)(F)C(F)(F)C(F)(F)C(F)(F)F)c2)c1. The standard InChI is InChI=1S/C42H18F45O3P/c43-22(44,25(49,50)28(55,56)31(61,62)34(67,68)37(73,74)40(79,80)81)13-88-16-4-1-7-19(10-16)91(20-8-2-5-17(11-20)89-14-23(45,46)26(51,52)29(57,58)32(63,64)35(69,70)38(75,76)41(82,83)84)21-9-3-6-18(12-21)90-15-24(47,48)27(53,54)30(59,60)33(65,66)36(71,72)39(77,78)42(85,86)87/h1-12H,13-15H2. The lowest BCUT2D eigenvalue weighted by Crippen LogP contribution is -2.73. The van der Waals surface area contributed by atoms with Gasteiger partial charge in [0.25, 0.3) is 0 Å². The van der Waals surface area contributed by atoms with E-state index in [2.05, 4.69) is 14.2 Å². The molecule has 524 valence electrons. The van der Waals surface area contributed by atoms with Gasteiger partial charge in [-0.3, -0.25) is 0 Å². The Labute approximate surface area is 471 Å². The van der Waals surface area contributed by atoms with Gasteiger partial charge in [-0.1, -0.05) is 36.4 Å². The van der Waals surface area contributed by atoms with Crippen LogP contribution in [0.3, 0.4) is 0 Å². The van der Waals surface area contributed by atoms with Crippen LogP contribution in [0.4, 0.5) is 198 Å². The Bertz CT molecular complexity index is 2710. The highest BCUT2D eigenvalue weighted by Crippen LogP contribution is 2.66. The van der Waals surface area contributed by atoms with Crippen molar-refractivity contribution in [2.45, 2.75) is 125 Å². The van der Waals surface area contributed by atoms with Crippen LogP contribution >= 0.6 is 7.92 Å². The third kappa shape index (κ3) is 12.2. The summed E-state index contributed by atoms with van der Waals surface area (Å²) in [6, 6.07) is 2.09. The highest BCUT2D eigenvalue weighted by Gasteiger charge is 2.96. The van der Waals surface area contributed by atoms with Crippen LogP contribution in [0.25, 0.3) is 0 Å². The largest absolute Gasteiger partial charge is 0.487 e. The molecule has 0 heterocycles. The zero-order valence-corrected chi connectivity index (χ0v) is 42.1. The van der Waals surface area contributed by atoms with Gasteiger partial charge in [0, 0.05) is 0 Å². The van der Waals surface area contributed by atoms with Crippen LogP contribution < -0.4 is 30.1 Å². The topological polar surface area (TPSA) is 27.7 Å². The van der Waals surface area contributed by atoms with Gasteiger partial charge in [0.15, 0.2) is 19.8 Å². The minimum atomic E-state index is -8.87. The summed E-state index contributed by atoms with van der Waals surface area (Å²) in [5.74, 6) is -156. The molecule has 0 unspecified atom stereocenters. The molecule has 0 bridgehead atoms. The fourth-order valence-corrected chi connectivity index (χ4v) is 8.74. The van der Waals surface area contributed by atoms with Crippen molar-refractivity contribution in [1.29, 1.82) is 0 Å². The molecule has 0 saturated heterocycles. The van der Waals surface area contributed by atoms with Gasteiger partial charge in [0.2, 0.25) is 0 Å². The molecule has 0 aliphatic carbocycles. The summed E-state index contributed by atoms with van der Waals surface area (Å²) in [5, 5.41) is -3.27. The third-order valence-corrected chi connectivity index (χ3v) is 14.0. The molecule has 0 atom stereocenters. The first-order chi connectivity index (χ1) is 39.7. The van der Waals surface area contributed by atoms with Crippen molar-refractivity contribution in [1.82, 2.24) is 0 Å². The lowest BCUT2D eigenvalue weighted by atomic mass is 9.91. The maximum Gasteiger partial charge on any atom is 0.460 e. The summed E-state index contributed by atoms with van der Waals surface area (Å²) in [4.78, 5) is 0. The van der Waals surface area contributed by atoms with E-state index < -0.39 is 186 Å². The van der Waals surface area contributed by atoms with Crippen LogP contribution in [0.1, 0.15) is 0 Å². The van der Waals surface area contributed by atoms with E-state index >= 15 is 0 Å². The van der Waals surface area contributed by atoms with Crippen LogP contribution in [0.5, 0.6) is 17.2 Å². The smallest absolute Gasteiger partial charge is 0.460 e. The van der Waals surface area contributed by atoms with Crippen molar-refractivity contribution in [3.05, 3.63) is 72.8 Å². The molecule has 3 rings (SSSR count). The minimum absolute atomic E-state index is 0.0458.